The van der Waals surface area contributed by atoms with E-state index < -0.39 is 5.41 Å². The summed E-state index contributed by atoms with van der Waals surface area (Å²) < 4.78 is 14.6. The van der Waals surface area contributed by atoms with Gasteiger partial charge in [0, 0.05) is 30.9 Å². The number of amides is 2. The number of benzene rings is 2. The van der Waals surface area contributed by atoms with Crippen molar-refractivity contribution in [1.82, 2.24) is 20.4 Å². The summed E-state index contributed by atoms with van der Waals surface area (Å²) in [5, 5.41) is 9.60. The molecule has 2 heterocycles. The van der Waals surface area contributed by atoms with Gasteiger partial charge in [-0.15, -0.1) is 0 Å². The zero-order chi connectivity index (χ0) is 22.7. The summed E-state index contributed by atoms with van der Waals surface area (Å²) in [5.74, 6) is -0.567. The molecular formula is C25H27FN4O2. The molecule has 4 rings (SSSR count). The summed E-state index contributed by atoms with van der Waals surface area (Å²) in [6, 6.07) is 15.8. The average Bonchev–Trinajstić information content (AvgIpc) is 3.45. The fourth-order valence-electron chi connectivity index (χ4n) is 4.40. The van der Waals surface area contributed by atoms with Gasteiger partial charge in [-0.3, -0.25) is 14.7 Å². The third kappa shape index (κ3) is 4.28. The first kappa shape index (κ1) is 21.7. The van der Waals surface area contributed by atoms with Crippen LogP contribution in [0.1, 0.15) is 36.3 Å². The summed E-state index contributed by atoms with van der Waals surface area (Å²) in [5.41, 5.74) is 1.75. The Labute approximate surface area is 186 Å². The monoisotopic (exact) mass is 434 g/mol. The first-order valence-corrected chi connectivity index (χ1v) is 10.8. The maximum absolute atomic E-state index is 14.6. The number of halogens is 1. The zero-order valence-corrected chi connectivity index (χ0v) is 18.3. The topological polar surface area (TPSA) is 78.1 Å². The standard InChI is InChI=1S/C25H27FN4O2/c1-17(2)28-24(32)25(12-14-30(16-25)23(31)22-11-13-27-29-22)15-18-7-3-4-8-19(18)20-9-5-6-10-21(20)26/h3-11,13,17H,12,14-16H2,1-2H3,(H,27,29)(H,28,32)/t25-/m1/s1. The Balaban J connectivity index is 1.69. The van der Waals surface area contributed by atoms with E-state index in [0.29, 0.717) is 30.6 Å². The predicted octanol–water partition coefficient (Wildman–Crippen LogP) is 3.82. The molecule has 1 saturated heterocycles. The lowest BCUT2D eigenvalue weighted by Crippen LogP contribution is -2.47. The van der Waals surface area contributed by atoms with E-state index in [1.165, 1.54) is 12.3 Å². The highest BCUT2D eigenvalue weighted by atomic mass is 19.1. The summed E-state index contributed by atoms with van der Waals surface area (Å²) in [6.45, 7) is 4.59. The molecule has 0 radical (unpaired) electrons. The van der Waals surface area contributed by atoms with Gasteiger partial charge in [0.05, 0.1) is 5.41 Å². The van der Waals surface area contributed by atoms with E-state index >= 15 is 0 Å². The average molecular weight is 435 g/mol. The van der Waals surface area contributed by atoms with Crippen LogP contribution >= 0.6 is 0 Å². The fourth-order valence-corrected chi connectivity index (χ4v) is 4.40. The van der Waals surface area contributed by atoms with Crippen molar-refractivity contribution in [1.29, 1.82) is 0 Å². The number of hydrogen-bond donors (Lipinski definition) is 2. The van der Waals surface area contributed by atoms with E-state index in [2.05, 4.69) is 15.5 Å². The van der Waals surface area contributed by atoms with Crippen LogP contribution in [0.5, 0.6) is 0 Å². The van der Waals surface area contributed by atoms with Crippen LogP contribution in [0.15, 0.2) is 60.8 Å². The molecule has 1 aliphatic rings. The van der Waals surface area contributed by atoms with E-state index in [9.17, 15) is 14.0 Å². The minimum Gasteiger partial charge on any atom is -0.353 e. The highest BCUT2D eigenvalue weighted by molar-refractivity contribution is 5.94. The molecule has 2 aromatic carbocycles. The van der Waals surface area contributed by atoms with Crippen molar-refractivity contribution in [3.8, 4) is 11.1 Å². The molecule has 3 aromatic rings. The molecular weight excluding hydrogens is 407 g/mol. The second-order valence-corrected chi connectivity index (χ2v) is 8.67. The number of nitrogens with zero attached hydrogens (tertiary/aromatic N) is 2. The second-order valence-electron chi connectivity index (χ2n) is 8.67. The molecule has 1 fully saturated rings. The minimum atomic E-state index is -0.804. The number of aromatic amines is 1. The molecule has 166 valence electrons. The van der Waals surface area contributed by atoms with Crippen molar-refractivity contribution in [3.63, 3.8) is 0 Å². The van der Waals surface area contributed by atoms with E-state index in [-0.39, 0.29) is 30.2 Å². The molecule has 2 amide bonds. The van der Waals surface area contributed by atoms with Crippen LogP contribution in [0.4, 0.5) is 4.39 Å². The number of aromatic nitrogens is 2. The molecule has 0 bridgehead atoms. The number of nitrogens with one attached hydrogen (secondary N) is 2. The Hall–Kier alpha value is -3.48. The van der Waals surface area contributed by atoms with Gasteiger partial charge < -0.3 is 10.2 Å². The Morgan fingerprint density at radius 1 is 1.12 bits per heavy atom. The van der Waals surface area contributed by atoms with Gasteiger partial charge in [-0.2, -0.15) is 5.10 Å². The number of hydrogen-bond acceptors (Lipinski definition) is 3. The number of H-pyrrole nitrogens is 1. The normalized spacial score (nSPS) is 18.2. The molecule has 1 atom stereocenters. The van der Waals surface area contributed by atoms with Gasteiger partial charge in [0.15, 0.2) is 0 Å². The molecule has 0 unspecified atom stereocenters. The smallest absolute Gasteiger partial charge is 0.271 e. The van der Waals surface area contributed by atoms with Crippen LogP contribution in [-0.4, -0.2) is 46.0 Å². The number of rotatable bonds is 6. The zero-order valence-electron chi connectivity index (χ0n) is 18.3. The number of carbonyl (C=O) groups is 2. The summed E-state index contributed by atoms with van der Waals surface area (Å²) in [6.07, 6.45) is 2.46. The molecule has 1 aromatic heterocycles. The van der Waals surface area contributed by atoms with Gasteiger partial charge in [0.2, 0.25) is 5.91 Å². The Bertz CT molecular complexity index is 1110. The third-order valence-corrected chi connectivity index (χ3v) is 5.98. The molecule has 7 heteroatoms. The lowest BCUT2D eigenvalue weighted by atomic mass is 9.78. The fraction of sp³-hybridized carbons (Fsp3) is 0.320. The van der Waals surface area contributed by atoms with Crippen molar-refractivity contribution in [2.45, 2.75) is 32.7 Å². The van der Waals surface area contributed by atoms with Crippen molar-refractivity contribution >= 4 is 11.8 Å². The van der Waals surface area contributed by atoms with E-state index in [4.69, 9.17) is 0 Å². The van der Waals surface area contributed by atoms with Crippen LogP contribution in [-0.2, 0) is 11.2 Å². The SMILES string of the molecule is CC(C)NC(=O)[C@@]1(Cc2ccccc2-c2ccccc2F)CCN(C(=O)c2ccn[nH]2)C1. The van der Waals surface area contributed by atoms with Crippen molar-refractivity contribution < 1.29 is 14.0 Å². The maximum atomic E-state index is 14.6. The summed E-state index contributed by atoms with van der Waals surface area (Å²) in [7, 11) is 0. The van der Waals surface area contributed by atoms with Crippen LogP contribution in [0.25, 0.3) is 11.1 Å². The number of likely N-dealkylation sites (tertiary alicyclic amines) is 1. The Kier molecular flexibility index (Phi) is 6.08. The molecule has 32 heavy (non-hydrogen) atoms. The van der Waals surface area contributed by atoms with E-state index in [0.717, 1.165) is 11.1 Å². The lowest BCUT2D eigenvalue weighted by Gasteiger charge is -2.30. The van der Waals surface area contributed by atoms with Crippen LogP contribution in [0.2, 0.25) is 0 Å². The molecule has 0 saturated carbocycles. The molecule has 0 aliphatic carbocycles. The van der Waals surface area contributed by atoms with Crippen molar-refractivity contribution in [3.05, 3.63) is 77.9 Å². The van der Waals surface area contributed by atoms with Gasteiger partial charge in [-0.05, 0) is 49.9 Å². The summed E-state index contributed by atoms with van der Waals surface area (Å²) >= 11 is 0. The first-order chi connectivity index (χ1) is 15.4. The first-order valence-electron chi connectivity index (χ1n) is 10.8. The summed E-state index contributed by atoms with van der Waals surface area (Å²) in [4.78, 5) is 28.0. The van der Waals surface area contributed by atoms with Crippen LogP contribution in [0.3, 0.4) is 0 Å². The third-order valence-electron chi connectivity index (χ3n) is 5.98. The quantitative estimate of drug-likeness (QED) is 0.619. The van der Waals surface area contributed by atoms with Gasteiger partial charge in [-0.1, -0.05) is 42.5 Å². The van der Waals surface area contributed by atoms with Gasteiger partial charge >= 0.3 is 0 Å². The van der Waals surface area contributed by atoms with E-state index in [1.807, 2.05) is 38.1 Å². The maximum Gasteiger partial charge on any atom is 0.271 e. The van der Waals surface area contributed by atoms with Crippen LogP contribution < -0.4 is 5.32 Å². The van der Waals surface area contributed by atoms with E-state index in [1.54, 1.807) is 29.2 Å². The van der Waals surface area contributed by atoms with Gasteiger partial charge in [0.25, 0.3) is 5.91 Å². The van der Waals surface area contributed by atoms with Crippen molar-refractivity contribution in [2.75, 3.05) is 13.1 Å². The lowest BCUT2D eigenvalue weighted by molar-refractivity contribution is -0.130. The molecule has 1 aliphatic heterocycles. The Morgan fingerprint density at radius 2 is 1.84 bits per heavy atom. The van der Waals surface area contributed by atoms with Crippen molar-refractivity contribution in [2.24, 2.45) is 5.41 Å². The van der Waals surface area contributed by atoms with Crippen LogP contribution in [0, 0.1) is 11.2 Å². The molecule has 6 nitrogen and oxygen atoms in total. The molecule has 0 spiro atoms. The highest BCUT2D eigenvalue weighted by Crippen LogP contribution is 2.38. The Morgan fingerprint density at radius 3 is 2.53 bits per heavy atom. The minimum absolute atomic E-state index is 0.0291. The highest BCUT2D eigenvalue weighted by Gasteiger charge is 2.46. The predicted molar refractivity (Wildman–Crippen MR) is 120 cm³/mol. The van der Waals surface area contributed by atoms with Gasteiger partial charge in [0.1, 0.15) is 11.5 Å². The largest absolute Gasteiger partial charge is 0.353 e. The molecule has 2 N–H and O–H groups in total. The van der Waals surface area contributed by atoms with Gasteiger partial charge in [-0.25, -0.2) is 4.39 Å². The number of carbonyl (C=O) groups excluding carboxylic acids is 2. The second kappa shape index (κ2) is 8.94.